The summed E-state index contributed by atoms with van der Waals surface area (Å²) >= 11 is 1.57. The topological polar surface area (TPSA) is 46.2 Å². The van der Waals surface area contributed by atoms with Gasteiger partial charge in [-0.2, -0.15) is 0 Å². The van der Waals surface area contributed by atoms with E-state index in [1.807, 2.05) is 31.4 Å². The first kappa shape index (κ1) is 12.7. The molecule has 1 heterocycles. The molecule has 0 fully saturated rings. The standard InChI is InChI=1S/C10H17NO2S2/c1-3-4-8-15(12,13)11-9(2)10-6-5-7-14-10/h5-7,9,11H,3-4,8H2,1-2H3. The molecule has 0 aromatic carbocycles. The maximum absolute atomic E-state index is 11.6. The molecule has 0 saturated carbocycles. The Morgan fingerprint density at radius 3 is 2.80 bits per heavy atom. The molecule has 0 bridgehead atoms. The first-order chi connectivity index (χ1) is 7.05. The molecule has 15 heavy (non-hydrogen) atoms. The number of hydrogen-bond acceptors (Lipinski definition) is 3. The van der Waals surface area contributed by atoms with Gasteiger partial charge in [0.15, 0.2) is 0 Å². The molecular formula is C10H17NO2S2. The summed E-state index contributed by atoms with van der Waals surface area (Å²) < 4.78 is 25.9. The van der Waals surface area contributed by atoms with Crippen LogP contribution < -0.4 is 4.72 Å². The van der Waals surface area contributed by atoms with E-state index in [4.69, 9.17) is 0 Å². The fraction of sp³-hybridized carbons (Fsp3) is 0.600. The van der Waals surface area contributed by atoms with Crippen LogP contribution in [0.5, 0.6) is 0 Å². The van der Waals surface area contributed by atoms with Crippen molar-refractivity contribution in [2.75, 3.05) is 5.75 Å². The Morgan fingerprint density at radius 2 is 2.27 bits per heavy atom. The third-order valence-corrected chi connectivity index (χ3v) is 4.69. The van der Waals surface area contributed by atoms with Crippen molar-refractivity contribution in [1.29, 1.82) is 0 Å². The predicted molar refractivity (Wildman–Crippen MR) is 64.6 cm³/mol. The monoisotopic (exact) mass is 247 g/mol. The molecule has 0 radical (unpaired) electrons. The van der Waals surface area contributed by atoms with E-state index in [0.29, 0.717) is 6.42 Å². The van der Waals surface area contributed by atoms with Gasteiger partial charge in [0.1, 0.15) is 0 Å². The van der Waals surface area contributed by atoms with Gasteiger partial charge in [-0.25, -0.2) is 13.1 Å². The highest BCUT2D eigenvalue weighted by atomic mass is 32.2. The molecule has 3 nitrogen and oxygen atoms in total. The minimum Gasteiger partial charge on any atom is -0.212 e. The summed E-state index contributed by atoms with van der Waals surface area (Å²) in [4.78, 5) is 1.05. The van der Waals surface area contributed by atoms with Gasteiger partial charge < -0.3 is 0 Å². The van der Waals surface area contributed by atoms with Crippen molar-refractivity contribution in [3.8, 4) is 0 Å². The number of unbranched alkanes of at least 4 members (excludes halogenated alkanes) is 1. The first-order valence-electron chi connectivity index (χ1n) is 5.08. The third kappa shape index (κ3) is 4.32. The Hall–Kier alpha value is -0.390. The van der Waals surface area contributed by atoms with Crippen LogP contribution in [-0.2, 0) is 10.0 Å². The van der Waals surface area contributed by atoms with E-state index in [2.05, 4.69) is 4.72 Å². The van der Waals surface area contributed by atoms with E-state index in [1.165, 1.54) is 0 Å². The second kappa shape index (κ2) is 5.63. The predicted octanol–water partition coefficient (Wildman–Crippen LogP) is 2.53. The average molecular weight is 247 g/mol. The Morgan fingerprint density at radius 1 is 1.53 bits per heavy atom. The lowest BCUT2D eigenvalue weighted by Gasteiger charge is -2.12. The lowest BCUT2D eigenvalue weighted by atomic mass is 10.3. The Balaban J connectivity index is 2.54. The molecular weight excluding hydrogens is 230 g/mol. The van der Waals surface area contributed by atoms with Gasteiger partial charge in [0.2, 0.25) is 10.0 Å². The van der Waals surface area contributed by atoms with E-state index >= 15 is 0 Å². The number of sulfonamides is 1. The molecule has 1 rings (SSSR count). The van der Waals surface area contributed by atoms with E-state index in [0.717, 1.165) is 11.3 Å². The van der Waals surface area contributed by atoms with Gasteiger partial charge in [-0.1, -0.05) is 19.4 Å². The fourth-order valence-corrected chi connectivity index (χ4v) is 3.52. The maximum atomic E-state index is 11.6. The molecule has 0 aliphatic heterocycles. The van der Waals surface area contributed by atoms with Crippen LogP contribution in [0, 0.1) is 0 Å². The molecule has 5 heteroatoms. The van der Waals surface area contributed by atoms with Crippen molar-refractivity contribution in [3.63, 3.8) is 0 Å². The molecule has 1 N–H and O–H groups in total. The van der Waals surface area contributed by atoms with Crippen LogP contribution in [0.1, 0.15) is 37.6 Å². The zero-order chi connectivity index (χ0) is 11.3. The summed E-state index contributed by atoms with van der Waals surface area (Å²) in [7, 11) is -3.11. The molecule has 0 aliphatic carbocycles. The quantitative estimate of drug-likeness (QED) is 0.839. The van der Waals surface area contributed by atoms with E-state index < -0.39 is 10.0 Å². The van der Waals surface area contributed by atoms with Crippen LogP contribution in [0.2, 0.25) is 0 Å². The second-order valence-electron chi connectivity index (χ2n) is 3.53. The minimum atomic E-state index is -3.11. The van der Waals surface area contributed by atoms with Crippen LogP contribution in [0.4, 0.5) is 0 Å². The summed E-state index contributed by atoms with van der Waals surface area (Å²) in [6.45, 7) is 3.85. The molecule has 1 unspecified atom stereocenters. The highest BCUT2D eigenvalue weighted by Crippen LogP contribution is 2.18. The van der Waals surface area contributed by atoms with Crippen molar-refractivity contribution in [3.05, 3.63) is 22.4 Å². The summed E-state index contributed by atoms with van der Waals surface area (Å²) in [5.41, 5.74) is 0. The third-order valence-electron chi connectivity index (χ3n) is 2.09. The normalized spacial score (nSPS) is 14.0. The average Bonchev–Trinajstić information content (AvgIpc) is 2.67. The summed E-state index contributed by atoms with van der Waals surface area (Å²) in [5.74, 6) is 0.221. The number of rotatable bonds is 6. The van der Waals surface area contributed by atoms with Crippen molar-refractivity contribution >= 4 is 21.4 Å². The number of nitrogens with one attached hydrogen (secondary N) is 1. The Labute approximate surface area is 95.6 Å². The largest absolute Gasteiger partial charge is 0.212 e. The minimum absolute atomic E-state index is 0.119. The lowest BCUT2D eigenvalue weighted by molar-refractivity contribution is 0.565. The SMILES string of the molecule is CCCCS(=O)(=O)NC(C)c1cccs1. The highest BCUT2D eigenvalue weighted by molar-refractivity contribution is 7.89. The van der Waals surface area contributed by atoms with Crippen molar-refractivity contribution in [1.82, 2.24) is 4.72 Å². The first-order valence-corrected chi connectivity index (χ1v) is 7.62. The van der Waals surface area contributed by atoms with Crippen LogP contribution in [0.3, 0.4) is 0 Å². The van der Waals surface area contributed by atoms with Crippen LogP contribution in [0.15, 0.2) is 17.5 Å². The van der Waals surface area contributed by atoms with E-state index in [9.17, 15) is 8.42 Å². The van der Waals surface area contributed by atoms with Gasteiger partial charge in [-0.05, 0) is 24.8 Å². The van der Waals surface area contributed by atoms with E-state index in [1.54, 1.807) is 11.3 Å². The smallest absolute Gasteiger partial charge is 0.212 e. The highest BCUT2D eigenvalue weighted by Gasteiger charge is 2.15. The van der Waals surface area contributed by atoms with Crippen LogP contribution in [0.25, 0.3) is 0 Å². The zero-order valence-electron chi connectivity index (χ0n) is 9.06. The van der Waals surface area contributed by atoms with Gasteiger partial charge in [-0.3, -0.25) is 0 Å². The van der Waals surface area contributed by atoms with Gasteiger partial charge >= 0.3 is 0 Å². The number of hydrogen-bond donors (Lipinski definition) is 1. The summed E-state index contributed by atoms with van der Waals surface area (Å²) in [6.07, 6.45) is 1.61. The van der Waals surface area contributed by atoms with Crippen molar-refractivity contribution in [2.24, 2.45) is 0 Å². The molecule has 1 atom stereocenters. The maximum Gasteiger partial charge on any atom is 0.212 e. The molecule has 0 aliphatic rings. The van der Waals surface area contributed by atoms with Gasteiger partial charge in [0, 0.05) is 4.88 Å². The summed E-state index contributed by atoms with van der Waals surface area (Å²) in [5, 5.41) is 1.95. The molecule has 0 saturated heterocycles. The molecule has 0 amide bonds. The van der Waals surface area contributed by atoms with Crippen molar-refractivity contribution < 1.29 is 8.42 Å². The molecule has 0 spiro atoms. The fourth-order valence-electron chi connectivity index (χ4n) is 1.26. The van der Waals surface area contributed by atoms with Crippen LogP contribution >= 0.6 is 11.3 Å². The molecule has 1 aromatic heterocycles. The van der Waals surface area contributed by atoms with Gasteiger partial charge in [-0.15, -0.1) is 11.3 Å². The van der Waals surface area contributed by atoms with Gasteiger partial charge in [0.05, 0.1) is 11.8 Å². The summed E-state index contributed by atoms with van der Waals surface area (Å²) in [6, 6.07) is 3.75. The Kier molecular flexibility index (Phi) is 4.76. The second-order valence-corrected chi connectivity index (χ2v) is 6.38. The molecule has 86 valence electrons. The zero-order valence-corrected chi connectivity index (χ0v) is 10.7. The number of thiophene rings is 1. The van der Waals surface area contributed by atoms with E-state index in [-0.39, 0.29) is 11.8 Å². The lowest BCUT2D eigenvalue weighted by Crippen LogP contribution is -2.28. The van der Waals surface area contributed by atoms with Gasteiger partial charge in [0.25, 0.3) is 0 Å². The van der Waals surface area contributed by atoms with Crippen LogP contribution in [-0.4, -0.2) is 14.2 Å². The van der Waals surface area contributed by atoms with Crippen molar-refractivity contribution in [2.45, 2.75) is 32.7 Å². The Bertz CT molecular complexity index is 370. The molecule has 1 aromatic rings.